The Kier molecular flexibility index (Phi) is 5.01. The Morgan fingerprint density at radius 1 is 1.35 bits per heavy atom. The zero-order chi connectivity index (χ0) is 13.0. The lowest BCUT2D eigenvalue weighted by Gasteiger charge is -2.18. The van der Waals surface area contributed by atoms with Gasteiger partial charge in [0.05, 0.1) is 12.1 Å². The van der Waals surface area contributed by atoms with E-state index in [0.717, 1.165) is 11.8 Å². The lowest BCUT2D eigenvalue weighted by molar-refractivity contribution is -0.108. The summed E-state index contributed by atoms with van der Waals surface area (Å²) in [5.41, 5.74) is 2.18. The first-order chi connectivity index (χ1) is 8.01. The van der Waals surface area contributed by atoms with Gasteiger partial charge in [0.2, 0.25) is 0 Å². The Labute approximate surface area is 108 Å². The van der Waals surface area contributed by atoms with Crippen LogP contribution in [-0.2, 0) is 4.79 Å². The minimum atomic E-state index is 0.124. The average Bonchev–Trinajstić information content (AvgIpc) is 2.28. The number of carbonyl (C=O) groups is 1. The van der Waals surface area contributed by atoms with Gasteiger partial charge in [0.15, 0.2) is 0 Å². The fourth-order valence-corrected chi connectivity index (χ4v) is 2.13. The first-order valence-electron chi connectivity index (χ1n) is 5.82. The summed E-state index contributed by atoms with van der Waals surface area (Å²) in [5.74, 6) is 1.21. The summed E-state index contributed by atoms with van der Waals surface area (Å²) in [6, 6.07) is 4.02. The molecule has 1 aromatic carbocycles. The van der Waals surface area contributed by atoms with E-state index in [-0.39, 0.29) is 5.92 Å². The van der Waals surface area contributed by atoms with Crippen molar-refractivity contribution in [1.29, 1.82) is 0 Å². The van der Waals surface area contributed by atoms with E-state index in [4.69, 9.17) is 16.3 Å². The molecule has 0 aliphatic heterocycles. The van der Waals surface area contributed by atoms with E-state index in [2.05, 4.69) is 19.9 Å². The first kappa shape index (κ1) is 14.0. The van der Waals surface area contributed by atoms with E-state index in [0.29, 0.717) is 23.1 Å². The number of aldehydes is 1. The lowest BCUT2D eigenvalue weighted by atomic mass is 9.92. The van der Waals surface area contributed by atoms with Gasteiger partial charge in [-0.05, 0) is 29.0 Å². The van der Waals surface area contributed by atoms with Gasteiger partial charge in [0.1, 0.15) is 12.0 Å². The number of ether oxygens (including phenoxy) is 1. The molecule has 0 bridgehead atoms. The zero-order valence-electron chi connectivity index (χ0n) is 10.8. The van der Waals surface area contributed by atoms with E-state index in [1.807, 2.05) is 13.0 Å². The molecule has 0 amide bonds. The molecule has 0 heterocycles. The molecule has 0 aliphatic rings. The second kappa shape index (κ2) is 6.06. The van der Waals surface area contributed by atoms with Crippen molar-refractivity contribution in [2.24, 2.45) is 0 Å². The Morgan fingerprint density at radius 2 is 2.00 bits per heavy atom. The molecule has 94 valence electrons. The first-order valence-corrected chi connectivity index (χ1v) is 6.20. The summed E-state index contributed by atoms with van der Waals surface area (Å²) in [6.07, 6.45) is 1.41. The van der Waals surface area contributed by atoms with Gasteiger partial charge in [0, 0.05) is 6.42 Å². The third-order valence-electron chi connectivity index (χ3n) is 2.95. The van der Waals surface area contributed by atoms with Crippen LogP contribution in [-0.4, -0.2) is 13.4 Å². The van der Waals surface area contributed by atoms with Crippen LogP contribution in [0.5, 0.6) is 5.75 Å². The Hall–Kier alpha value is -1.02. The molecule has 17 heavy (non-hydrogen) atoms. The van der Waals surface area contributed by atoms with Crippen LogP contribution in [0.2, 0.25) is 5.02 Å². The third kappa shape index (κ3) is 3.22. The highest BCUT2D eigenvalue weighted by atomic mass is 35.5. The van der Waals surface area contributed by atoms with Crippen molar-refractivity contribution in [2.75, 3.05) is 7.11 Å². The fourth-order valence-electron chi connectivity index (χ4n) is 1.82. The van der Waals surface area contributed by atoms with Gasteiger partial charge in [0.25, 0.3) is 0 Å². The standard InChI is InChI=1S/C14H19ClO2/c1-9(2)11-7-12(10(3)5-6-16)14(17-4)13(15)8-11/h6-10H,5H2,1-4H3. The predicted molar refractivity (Wildman–Crippen MR) is 71.2 cm³/mol. The Balaban J connectivity index is 3.27. The van der Waals surface area contributed by atoms with Gasteiger partial charge in [-0.1, -0.05) is 38.4 Å². The van der Waals surface area contributed by atoms with Crippen LogP contribution in [0.1, 0.15) is 50.2 Å². The molecule has 1 rings (SSSR count). The van der Waals surface area contributed by atoms with Crippen LogP contribution >= 0.6 is 11.6 Å². The molecule has 0 spiro atoms. The van der Waals surface area contributed by atoms with Gasteiger partial charge in [-0.15, -0.1) is 0 Å². The molecule has 0 fully saturated rings. The van der Waals surface area contributed by atoms with Crippen molar-refractivity contribution in [3.05, 3.63) is 28.3 Å². The van der Waals surface area contributed by atoms with Crippen molar-refractivity contribution in [3.8, 4) is 5.75 Å². The van der Waals surface area contributed by atoms with Crippen molar-refractivity contribution < 1.29 is 9.53 Å². The molecule has 0 N–H and O–H groups in total. The second-order valence-electron chi connectivity index (χ2n) is 4.58. The van der Waals surface area contributed by atoms with E-state index in [1.54, 1.807) is 7.11 Å². The second-order valence-corrected chi connectivity index (χ2v) is 4.99. The van der Waals surface area contributed by atoms with Crippen LogP contribution in [0.3, 0.4) is 0 Å². The Morgan fingerprint density at radius 3 is 2.47 bits per heavy atom. The monoisotopic (exact) mass is 254 g/mol. The number of rotatable bonds is 5. The number of carbonyl (C=O) groups excluding carboxylic acids is 1. The molecule has 1 aromatic rings. The summed E-state index contributed by atoms with van der Waals surface area (Å²) in [7, 11) is 1.60. The van der Waals surface area contributed by atoms with E-state index >= 15 is 0 Å². The summed E-state index contributed by atoms with van der Waals surface area (Å²) in [4.78, 5) is 10.6. The average molecular weight is 255 g/mol. The van der Waals surface area contributed by atoms with Gasteiger partial charge >= 0.3 is 0 Å². The number of methoxy groups -OCH3 is 1. The fraction of sp³-hybridized carbons (Fsp3) is 0.500. The third-order valence-corrected chi connectivity index (χ3v) is 3.23. The van der Waals surface area contributed by atoms with E-state index in [9.17, 15) is 4.79 Å². The quantitative estimate of drug-likeness (QED) is 0.738. The topological polar surface area (TPSA) is 26.3 Å². The molecule has 0 saturated heterocycles. The van der Waals surface area contributed by atoms with Crippen molar-refractivity contribution in [3.63, 3.8) is 0 Å². The summed E-state index contributed by atoms with van der Waals surface area (Å²) >= 11 is 6.21. The molecule has 0 aromatic heterocycles. The molecule has 0 saturated carbocycles. The maximum Gasteiger partial charge on any atom is 0.140 e. The number of hydrogen-bond donors (Lipinski definition) is 0. The largest absolute Gasteiger partial charge is 0.495 e. The Bertz CT molecular complexity index is 399. The van der Waals surface area contributed by atoms with Gasteiger partial charge in [-0.2, -0.15) is 0 Å². The number of halogens is 1. The summed E-state index contributed by atoms with van der Waals surface area (Å²) < 4.78 is 5.33. The maximum absolute atomic E-state index is 10.6. The van der Waals surface area contributed by atoms with Crippen molar-refractivity contribution in [1.82, 2.24) is 0 Å². The van der Waals surface area contributed by atoms with Crippen molar-refractivity contribution >= 4 is 17.9 Å². The molecular weight excluding hydrogens is 236 g/mol. The normalized spacial score (nSPS) is 12.6. The minimum absolute atomic E-state index is 0.124. The van der Waals surface area contributed by atoms with Crippen LogP contribution in [0, 0.1) is 0 Å². The SMILES string of the molecule is COc1c(Cl)cc(C(C)C)cc1C(C)CC=O. The molecule has 2 nitrogen and oxygen atoms in total. The molecular formula is C14H19ClO2. The maximum atomic E-state index is 10.6. The van der Waals surface area contributed by atoms with E-state index in [1.165, 1.54) is 5.56 Å². The molecule has 0 aliphatic carbocycles. The van der Waals surface area contributed by atoms with Crippen LogP contribution in [0.25, 0.3) is 0 Å². The molecule has 1 atom stereocenters. The van der Waals surface area contributed by atoms with Crippen molar-refractivity contribution in [2.45, 2.75) is 39.0 Å². The van der Waals surface area contributed by atoms with Crippen LogP contribution in [0.4, 0.5) is 0 Å². The molecule has 0 radical (unpaired) electrons. The van der Waals surface area contributed by atoms with Gasteiger partial charge in [-0.3, -0.25) is 0 Å². The highest BCUT2D eigenvalue weighted by Gasteiger charge is 2.16. The predicted octanol–water partition coefficient (Wildman–Crippen LogP) is 4.16. The zero-order valence-corrected chi connectivity index (χ0v) is 11.5. The lowest BCUT2D eigenvalue weighted by Crippen LogP contribution is -2.01. The van der Waals surface area contributed by atoms with Gasteiger partial charge < -0.3 is 9.53 Å². The van der Waals surface area contributed by atoms with Crippen LogP contribution < -0.4 is 4.74 Å². The minimum Gasteiger partial charge on any atom is -0.495 e. The number of hydrogen-bond acceptors (Lipinski definition) is 2. The van der Waals surface area contributed by atoms with Crippen LogP contribution in [0.15, 0.2) is 12.1 Å². The molecule has 3 heteroatoms. The summed E-state index contributed by atoms with van der Waals surface area (Å²) in [5, 5.41) is 0.617. The number of benzene rings is 1. The van der Waals surface area contributed by atoms with Gasteiger partial charge in [-0.25, -0.2) is 0 Å². The molecule has 1 unspecified atom stereocenters. The highest BCUT2D eigenvalue weighted by Crippen LogP contribution is 2.37. The van der Waals surface area contributed by atoms with E-state index < -0.39 is 0 Å². The summed E-state index contributed by atoms with van der Waals surface area (Å²) in [6.45, 7) is 6.24. The highest BCUT2D eigenvalue weighted by molar-refractivity contribution is 6.32. The smallest absolute Gasteiger partial charge is 0.140 e.